The summed E-state index contributed by atoms with van der Waals surface area (Å²) < 4.78 is 0. The fourth-order valence-electron chi connectivity index (χ4n) is 1.67. The van der Waals surface area contributed by atoms with Gasteiger partial charge in [0.1, 0.15) is 0 Å². The third-order valence-corrected chi connectivity index (χ3v) is 4.17. The number of thiophene rings is 1. The highest BCUT2D eigenvalue weighted by atomic mass is 32.1. The minimum Gasteiger partial charge on any atom is -0.338 e. The molecule has 1 rings (SSSR count). The van der Waals surface area contributed by atoms with Gasteiger partial charge >= 0.3 is 6.03 Å². The molecular formula is C13H21N3O2S. The second-order valence-corrected chi connectivity index (χ2v) is 5.36. The molecule has 1 aromatic heterocycles. The van der Waals surface area contributed by atoms with Gasteiger partial charge in [-0.15, -0.1) is 11.3 Å². The molecule has 106 valence electrons. The van der Waals surface area contributed by atoms with Crippen molar-refractivity contribution in [2.45, 2.75) is 32.9 Å². The minimum atomic E-state index is -0.448. The van der Waals surface area contributed by atoms with E-state index in [9.17, 15) is 9.59 Å². The number of rotatable bonds is 5. The zero-order chi connectivity index (χ0) is 14.4. The SMILES string of the molecule is CCNC(=O)NC(=O)C(C)N(C)C(C)c1cccs1. The zero-order valence-electron chi connectivity index (χ0n) is 11.8. The van der Waals surface area contributed by atoms with Crippen molar-refractivity contribution in [3.63, 3.8) is 0 Å². The van der Waals surface area contributed by atoms with E-state index >= 15 is 0 Å². The van der Waals surface area contributed by atoms with Gasteiger partial charge in [-0.05, 0) is 39.3 Å². The Morgan fingerprint density at radius 2 is 2.11 bits per heavy atom. The molecule has 2 unspecified atom stereocenters. The van der Waals surface area contributed by atoms with Crippen LogP contribution in [-0.4, -0.2) is 36.5 Å². The molecule has 0 spiro atoms. The van der Waals surface area contributed by atoms with Crippen LogP contribution in [0.1, 0.15) is 31.7 Å². The van der Waals surface area contributed by atoms with Gasteiger partial charge in [0, 0.05) is 17.5 Å². The molecule has 3 amide bonds. The van der Waals surface area contributed by atoms with Gasteiger partial charge in [-0.25, -0.2) is 4.79 Å². The van der Waals surface area contributed by atoms with Crippen molar-refractivity contribution in [2.75, 3.05) is 13.6 Å². The summed E-state index contributed by atoms with van der Waals surface area (Å²) in [7, 11) is 1.88. The Morgan fingerprint density at radius 3 is 2.63 bits per heavy atom. The topological polar surface area (TPSA) is 61.4 Å². The normalized spacial score (nSPS) is 13.9. The van der Waals surface area contributed by atoms with E-state index in [1.54, 1.807) is 25.2 Å². The van der Waals surface area contributed by atoms with Crippen molar-refractivity contribution in [2.24, 2.45) is 0 Å². The summed E-state index contributed by atoms with van der Waals surface area (Å²) in [6.45, 7) is 6.13. The summed E-state index contributed by atoms with van der Waals surface area (Å²) in [6, 6.07) is 3.34. The van der Waals surface area contributed by atoms with E-state index in [1.165, 1.54) is 4.88 Å². The maximum Gasteiger partial charge on any atom is 0.321 e. The van der Waals surface area contributed by atoms with Gasteiger partial charge in [0.2, 0.25) is 5.91 Å². The zero-order valence-corrected chi connectivity index (χ0v) is 12.6. The Bertz CT molecular complexity index is 420. The van der Waals surface area contributed by atoms with Crippen molar-refractivity contribution in [3.8, 4) is 0 Å². The van der Waals surface area contributed by atoms with Gasteiger partial charge in [-0.1, -0.05) is 6.07 Å². The van der Waals surface area contributed by atoms with E-state index in [-0.39, 0.29) is 18.0 Å². The molecule has 0 fully saturated rings. The molecule has 0 aromatic carbocycles. The molecule has 0 bridgehead atoms. The highest BCUT2D eigenvalue weighted by molar-refractivity contribution is 7.10. The number of nitrogens with zero attached hydrogens (tertiary/aromatic N) is 1. The molecule has 2 N–H and O–H groups in total. The molecule has 0 aliphatic carbocycles. The fraction of sp³-hybridized carbons (Fsp3) is 0.538. The lowest BCUT2D eigenvalue weighted by Gasteiger charge is -2.29. The highest BCUT2D eigenvalue weighted by Gasteiger charge is 2.24. The molecule has 2 atom stereocenters. The number of likely N-dealkylation sites (N-methyl/N-ethyl adjacent to an activating group) is 1. The molecule has 19 heavy (non-hydrogen) atoms. The van der Waals surface area contributed by atoms with Crippen LogP contribution in [0.5, 0.6) is 0 Å². The lowest BCUT2D eigenvalue weighted by molar-refractivity contribution is -0.125. The molecule has 6 heteroatoms. The van der Waals surface area contributed by atoms with Crippen LogP contribution in [0.25, 0.3) is 0 Å². The fourth-order valence-corrected chi connectivity index (χ4v) is 2.51. The summed E-state index contributed by atoms with van der Waals surface area (Å²) in [5.74, 6) is -0.295. The van der Waals surface area contributed by atoms with Crippen molar-refractivity contribution >= 4 is 23.3 Å². The predicted molar refractivity (Wildman–Crippen MR) is 77.2 cm³/mol. The van der Waals surface area contributed by atoms with Gasteiger partial charge in [0.25, 0.3) is 0 Å². The van der Waals surface area contributed by atoms with Crippen LogP contribution in [0.4, 0.5) is 4.79 Å². The molecule has 0 saturated heterocycles. The Kier molecular flexibility index (Phi) is 5.98. The van der Waals surface area contributed by atoms with Gasteiger partial charge < -0.3 is 5.32 Å². The standard InChI is InChI=1S/C13H21N3O2S/c1-5-14-13(18)15-12(17)10(3)16(4)9(2)11-7-6-8-19-11/h6-10H,5H2,1-4H3,(H2,14,15,17,18). The Balaban J connectivity index is 2.58. The van der Waals surface area contributed by atoms with Crippen molar-refractivity contribution in [1.29, 1.82) is 0 Å². The van der Waals surface area contributed by atoms with Crippen LogP contribution >= 0.6 is 11.3 Å². The van der Waals surface area contributed by atoms with Crippen LogP contribution in [-0.2, 0) is 4.79 Å². The van der Waals surface area contributed by atoms with Crippen LogP contribution in [0.3, 0.4) is 0 Å². The third-order valence-electron chi connectivity index (χ3n) is 3.13. The first kappa shape index (κ1) is 15.7. The summed E-state index contributed by atoms with van der Waals surface area (Å²) >= 11 is 1.66. The number of urea groups is 1. The monoisotopic (exact) mass is 283 g/mol. The average Bonchev–Trinajstić information content (AvgIpc) is 2.90. The van der Waals surface area contributed by atoms with E-state index in [0.29, 0.717) is 6.54 Å². The van der Waals surface area contributed by atoms with Gasteiger partial charge in [0.15, 0.2) is 0 Å². The number of hydrogen-bond donors (Lipinski definition) is 2. The molecule has 1 heterocycles. The highest BCUT2D eigenvalue weighted by Crippen LogP contribution is 2.24. The van der Waals surface area contributed by atoms with Crippen LogP contribution in [0.15, 0.2) is 17.5 Å². The Morgan fingerprint density at radius 1 is 1.42 bits per heavy atom. The number of carbonyl (C=O) groups excluding carboxylic acids is 2. The van der Waals surface area contributed by atoms with E-state index in [4.69, 9.17) is 0 Å². The molecule has 1 aromatic rings. The molecule has 0 radical (unpaired) electrons. The second-order valence-electron chi connectivity index (χ2n) is 4.38. The molecular weight excluding hydrogens is 262 g/mol. The van der Waals surface area contributed by atoms with Gasteiger partial charge in [0.05, 0.1) is 6.04 Å². The smallest absolute Gasteiger partial charge is 0.321 e. The quantitative estimate of drug-likeness (QED) is 0.868. The second kappa shape index (κ2) is 7.25. The van der Waals surface area contributed by atoms with E-state index in [0.717, 1.165) is 0 Å². The largest absolute Gasteiger partial charge is 0.338 e. The first-order chi connectivity index (χ1) is 8.97. The molecule has 0 aliphatic rings. The van der Waals surface area contributed by atoms with E-state index in [2.05, 4.69) is 10.6 Å². The van der Waals surface area contributed by atoms with Crippen LogP contribution < -0.4 is 10.6 Å². The van der Waals surface area contributed by atoms with Crippen LogP contribution in [0.2, 0.25) is 0 Å². The number of imide groups is 1. The number of carbonyl (C=O) groups is 2. The Hall–Kier alpha value is -1.40. The van der Waals surface area contributed by atoms with Crippen molar-refractivity contribution < 1.29 is 9.59 Å². The lowest BCUT2D eigenvalue weighted by atomic mass is 10.2. The van der Waals surface area contributed by atoms with Crippen LogP contribution in [0, 0.1) is 0 Å². The first-order valence-electron chi connectivity index (χ1n) is 6.31. The summed E-state index contributed by atoms with van der Waals surface area (Å²) in [6.07, 6.45) is 0. The maximum absolute atomic E-state index is 11.9. The van der Waals surface area contributed by atoms with E-state index < -0.39 is 6.03 Å². The average molecular weight is 283 g/mol. The lowest BCUT2D eigenvalue weighted by Crippen LogP contribution is -2.48. The minimum absolute atomic E-state index is 0.134. The summed E-state index contributed by atoms with van der Waals surface area (Å²) in [5.41, 5.74) is 0. The number of amides is 3. The first-order valence-corrected chi connectivity index (χ1v) is 7.19. The maximum atomic E-state index is 11.9. The van der Waals surface area contributed by atoms with Crippen molar-refractivity contribution in [3.05, 3.63) is 22.4 Å². The Labute approximate surface area is 118 Å². The summed E-state index contributed by atoms with van der Waals surface area (Å²) in [5, 5.41) is 6.89. The van der Waals surface area contributed by atoms with Crippen molar-refractivity contribution in [1.82, 2.24) is 15.5 Å². The van der Waals surface area contributed by atoms with E-state index in [1.807, 2.05) is 36.4 Å². The molecule has 0 aliphatic heterocycles. The van der Waals surface area contributed by atoms with Gasteiger partial charge in [-0.3, -0.25) is 15.0 Å². The number of hydrogen-bond acceptors (Lipinski definition) is 4. The molecule has 0 saturated carbocycles. The van der Waals surface area contributed by atoms with Gasteiger partial charge in [-0.2, -0.15) is 0 Å². The predicted octanol–water partition coefficient (Wildman–Crippen LogP) is 1.98. The molecule has 5 nitrogen and oxygen atoms in total. The number of nitrogens with one attached hydrogen (secondary N) is 2. The third kappa shape index (κ3) is 4.33. The summed E-state index contributed by atoms with van der Waals surface area (Å²) in [4.78, 5) is 26.4.